The van der Waals surface area contributed by atoms with E-state index in [1.165, 1.54) is 0 Å². The van der Waals surface area contributed by atoms with Gasteiger partial charge in [-0.05, 0) is 18.4 Å². The van der Waals surface area contributed by atoms with Gasteiger partial charge in [0.05, 0.1) is 12.6 Å². The van der Waals surface area contributed by atoms with E-state index in [1.54, 1.807) is 10.9 Å². The zero-order valence-corrected chi connectivity index (χ0v) is 7.53. The molecule has 2 rings (SSSR count). The minimum absolute atomic E-state index is 0.0971. The third-order valence-corrected chi connectivity index (χ3v) is 2.66. The van der Waals surface area contributed by atoms with Crippen molar-refractivity contribution in [1.29, 1.82) is 0 Å². The number of hydrogen-bond donors (Lipinski definition) is 1. The zero-order chi connectivity index (χ0) is 9.47. The van der Waals surface area contributed by atoms with Crippen LogP contribution in [0.25, 0.3) is 0 Å². The van der Waals surface area contributed by atoms with Gasteiger partial charge in [-0.1, -0.05) is 0 Å². The van der Waals surface area contributed by atoms with Crippen molar-refractivity contribution in [2.45, 2.75) is 24.7 Å². The molecule has 1 heterocycles. The number of carboxylic acid groups (broad SMARTS) is 1. The van der Waals surface area contributed by atoms with Crippen LogP contribution in [-0.4, -0.2) is 20.9 Å². The van der Waals surface area contributed by atoms with Crippen LogP contribution in [0.3, 0.4) is 0 Å². The molecule has 70 valence electrons. The van der Waals surface area contributed by atoms with Gasteiger partial charge in [0.15, 0.2) is 0 Å². The first-order valence-corrected chi connectivity index (χ1v) is 4.33. The summed E-state index contributed by atoms with van der Waals surface area (Å²) in [4.78, 5) is 10.6. The molecule has 1 saturated carbocycles. The van der Waals surface area contributed by atoms with Gasteiger partial charge < -0.3 is 5.11 Å². The highest BCUT2D eigenvalue weighted by molar-refractivity contribution is 5.70. The summed E-state index contributed by atoms with van der Waals surface area (Å²) in [6, 6.07) is 0. The summed E-state index contributed by atoms with van der Waals surface area (Å²) in [5.74, 6) is -0.721. The zero-order valence-electron chi connectivity index (χ0n) is 7.53. The Balaban J connectivity index is 2.20. The largest absolute Gasteiger partial charge is 0.481 e. The smallest absolute Gasteiger partial charge is 0.304 e. The Labute approximate surface area is 76.2 Å². The van der Waals surface area contributed by atoms with Crippen molar-refractivity contribution in [2.75, 3.05) is 0 Å². The van der Waals surface area contributed by atoms with Crippen LogP contribution in [0.4, 0.5) is 0 Å². The first-order valence-electron chi connectivity index (χ1n) is 4.33. The Morgan fingerprint density at radius 2 is 2.46 bits per heavy atom. The van der Waals surface area contributed by atoms with Gasteiger partial charge in [-0.15, -0.1) is 0 Å². The molecule has 1 aliphatic rings. The third-order valence-electron chi connectivity index (χ3n) is 2.66. The van der Waals surface area contributed by atoms with Crippen LogP contribution >= 0.6 is 0 Å². The second-order valence-electron chi connectivity index (χ2n) is 3.75. The van der Waals surface area contributed by atoms with Gasteiger partial charge in [-0.25, -0.2) is 0 Å². The normalized spacial score (nSPS) is 18.5. The predicted octanol–water partition coefficient (Wildman–Crippen LogP) is 0.926. The maximum absolute atomic E-state index is 10.6. The molecule has 0 aromatic carbocycles. The lowest BCUT2D eigenvalue weighted by Gasteiger charge is -2.08. The van der Waals surface area contributed by atoms with Crippen molar-refractivity contribution in [1.82, 2.24) is 9.78 Å². The first kappa shape index (κ1) is 8.29. The lowest BCUT2D eigenvalue weighted by atomic mass is 9.96. The van der Waals surface area contributed by atoms with Crippen molar-refractivity contribution in [3.8, 4) is 0 Å². The molecular formula is C9H12N2O2. The van der Waals surface area contributed by atoms with Crippen molar-refractivity contribution < 1.29 is 9.90 Å². The molecule has 1 aromatic heterocycles. The van der Waals surface area contributed by atoms with E-state index >= 15 is 0 Å². The van der Waals surface area contributed by atoms with Crippen molar-refractivity contribution in [3.05, 3.63) is 18.0 Å². The number of carboxylic acids is 1. The summed E-state index contributed by atoms with van der Waals surface area (Å²) in [6.45, 7) is 0. The molecule has 1 aromatic rings. The maximum atomic E-state index is 10.6. The molecule has 1 aliphatic carbocycles. The van der Waals surface area contributed by atoms with E-state index in [4.69, 9.17) is 5.11 Å². The minimum Gasteiger partial charge on any atom is -0.481 e. The van der Waals surface area contributed by atoms with Crippen LogP contribution in [0.15, 0.2) is 12.4 Å². The maximum Gasteiger partial charge on any atom is 0.304 e. The number of aryl methyl sites for hydroxylation is 1. The summed E-state index contributed by atoms with van der Waals surface area (Å²) in [5, 5.41) is 12.8. The molecule has 0 bridgehead atoms. The molecule has 0 atom stereocenters. The average molecular weight is 180 g/mol. The Morgan fingerprint density at radius 3 is 2.85 bits per heavy atom. The molecule has 0 spiro atoms. The fraction of sp³-hybridized carbons (Fsp3) is 0.556. The van der Waals surface area contributed by atoms with Gasteiger partial charge in [0.25, 0.3) is 0 Å². The highest BCUT2D eigenvalue weighted by atomic mass is 16.4. The summed E-state index contributed by atoms with van der Waals surface area (Å²) >= 11 is 0. The van der Waals surface area contributed by atoms with Crippen LogP contribution in [0.1, 0.15) is 24.8 Å². The molecule has 0 unspecified atom stereocenters. The molecule has 4 heteroatoms. The number of carbonyl (C=O) groups is 1. The molecular weight excluding hydrogens is 168 g/mol. The molecule has 13 heavy (non-hydrogen) atoms. The Kier molecular flexibility index (Phi) is 1.65. The van der Waals surface area contributed by atoms with Crippen LogP contribution in [0.5, 0.6) is 0 Å². The molecule has 1 fully saturated rings. The molecule has 0 radical (unpaired) electrons. The van der Waals surface area contributed by atoms with Crippen LogP contribution < -0.4 is 0 Å². The predicted molar refractivity (Wildman–Crippen MR) is 46.4 cm³/mol. The van der Waals surface area contributed by atoms with Crippen molar-refractivity contribution in [2.24, 2.45) is 7.05 Å². The number of aliphatic carboxylic acids is 1. The SMILES string of the molecule is Cn1cc(C2(CC(=O)O)CC2)cn1. The first-order chi connectivity index (χ1) is 6.12. The highest BCUT2D eigenvalue weighted by Gasteiger charge is 2.46. The van der Waals surface area contributed by atoms with Crippen molar-refractivity contribution in [3.63, 3.8) is 0 Å². The highest BCUT2D eigenvalue weighted by Crippen LogP contribution is 2.50. The second kappa shape index (κ2) is 2.58. The minimum atomic E-state index is -0.721. The van der Waals surface area contributed by atoms with Crippen LogP contribution in [-0.2, 0) is 17.3 Å². The standard InChI is InChI=1S/C9H12N2O2/c1-11-6-7(5-10-11)9(2-3-9)4-8(12)13/h5-6H,2-4H2,1H3,(H,12,13). The topological polar surface area (TPSA) is 55.1 Å². The summed E-state index contributed by atoms with van der Waals surface area (Å²) in [5.41, 5.74) is 0.970. The van der Waals surface area contributed by atoms with E-state index in [1.807, 2.05) is 13.2 Å². The number of rotatable bonds is 3. The number of aromatic nitrogens is 2. The Bertz CT molecular complexity index is 339. The van der Waals surface area contributed by atoms with E-state index in [0.29, 0.717) is 0 Å². The van der Waals surface area contributed by atoms with E-state index in [9.17, 15) is 4.79 Å². The monoisotopic (exact) mass is 180 g/mol. The van der Waals surface area contributed by atoms with Gasteiger partial charge in [-0.2, -0.15) is 5.10 Å². The fourth-order valence-corrected chi connectivity index (χ4v) is 1.70. The molecule has 4 nitrogen and oxygen atoms in total. The third kappa shape index (κ3) is 1.43. The van der Waals surface area contributed by atoms with Gasteiger partial charge in [0.2, 0.25) is 0 Å². The summed E-state index contributed by atoms with van der Waals surface area (Å²) < 4.78 is 1.72. The summed E-state index contributed by atoms with van der Waals surface area (Å²) in [7, 11) is 1.85. The molecule has 0 amide bonds. The molecule has 1 N–H and O–H groups in total. The van der Waals surface area contributed by atoms with Crippen LogP contribution in [0, 0.1) is 0 Å². The van der Waals surface area contributed by atoms with E-state index in [0.717, 1.165) is 18.4 Å². The van der Waals surface area contributed by atoms with Gasteiger partial charge in [0, 0.05) is 18.7 Å². The van der Waals surface area contributed by atoms with Crippen LogP contribution in [0.2, 0.25) is 0 Å². The van der Waals surface area contributed by atoms with Gasteiger partial charge >= 0.3 is 5.97 Å². The fourth-order valence-electron chi connectivity index (χ4n) is 1.70. The molecule has 0 saturated heterocycles. The Hall–Kier alpha value is -1.32. The van der Waals surface area contributed by atoms with Gasteiger partial charge in [-0.3, -0.25) is 9.48 Å². The number of hydrogen-bond acceptors (Lipinski definition) is 2. The summed E-state index contributed by atoms with van der Waals surface area (Å²) in [6.07, 6.45) is 5.88. The average Bonchev–Trinajstić information content (AvgIpc) is 2.65. The van der Waals surface area contributed by atoms with E-state index in [2.05, 4.69) is 5.10 Å². The second-order valence-corrected chi connectivity index (χ2v) is 3.75. The van der Waals surface area contributed by atoms with Gasteiger partial charge in [0.1, 0.15) is 0 Å². The van der Waals surface area contributed by atoms with Crippen molar-refractivity contribution >= 4 is 5.97 Å². The Morgan fingerprint density at radius 1 is 1.77 bits per heavy atom. The molecule has 0 aliphatic heterocycles. The quantitative estimate of drug-likeness (QED) is 0.752. The lowest BCUT2D eigenvalue weighted by Crippen LogP contribution is -2.12. The number of nitrogens with zero attached hydrogens (tertiary/aromatic N) is 2. The van der Waals surface area contributed by atoms with E-state index < -0.39 is 5.97 Å². The lowest BCUT2D eigenvalue weighted by molar-refractivity contribution is -0.137. The van der Waals surface area contributed by atoms with E-state index in [-0.39, 0.29) is 11.8 Å².